The monoisotopic (exact) mass is 286 g/mol. The van der Waals surface area contributed by atoms with Crippen molar-refractivity contribution in [1.29, 1.82) is 0 Å². The maximum Gasteiger partial charge on any atom is 0.252 e. The molecule has 0 unspecified atom stereocenters. The van der Waals surface area contributed by atoms with Gasteiger partial charge in [-0.2, -0.15) is 0 Å². The number of rotatable bonds is 7. The molecule has 1 N–H and O–H groups in total. The van der Waals surface area contributed by atoms with Gasteiger partial charge in [0.1, 0.15) is 18.1 Å². The zero-order valence-electron chi connectivity index (χ0n) is 11.9. The van der Waals surface area contributed by atoms with Gasteiger partial charge in [-0.1, -0.05) is 6.07 Å². The van der Waals surface area contributed by atoms with Crippen LogP contribution < -0.4 is 14.8 Å². The molecular formula is C16H18N2O3. The molecule has 2 aromatic rings. The first-order chi connectivity index (χ1) is 10.3. The second-order valence-electron chi connectivity index (χ2n) is 4.25. The van der Waals surface area contributed by atoms with Crippen LogP contribution in [0.5, 0.6) is 11.5 Å². The Hall–Kier alpha value is -2.56. The summed E-state index contributed by atoms with van der Waals surface area (Å²) >= 11 is 0. The third-order valence-electron chi connectivity index (χ3n) is 2.70. The first kappa shape index (κ1) is 14.8. The largest absolute Gasteiger partial charge is 0.494 e. The van der Waals surface area contributed by atoms with Crippen LogP contribution in [0.1, 0.15) is 17.3 Å². The second-order valence-corrected chi connectivity index (χ2v) is 4.25. The van der Waals surface area contributed by atoms with Gasteiger partial charge in [0.05, 0.1) is 18.7 Å². The van der Waals surface area contributed by atoms with Crippen molar-refractivity contribution in [2.24, 2.45) is 0 Å². The van der Waals surface area contributed by atoms with Crippen molar-refractivity contribution in [3.8, 4) is 11.5 Å². The third-order valence-corrected chi connectivity index (χ3v) is 2.70. The number of nitrogens with one attached hydrogen (secondary N) is 1. The molecule has 0 aliphatic rings. The van der Waals surface area contributed by atoms with E-state index in [0.717, 1.165) is 11.5 Å². The summed E-state index contributed by atoms with van der Waals surface area (Å²) in [6.45, 7) is 3.36. The van der Waals surface area contributed by atoms with Gasteiger partial charge in [0.25, 0.3) is 5.91 Å². The molecule has 5 heteroatoms. The lowest BCUT2D eigenvalue weighted by Gasteiger charge is -2.09. The molecule has 0 bridgehead atoms. The molecule has 0 atom stereocenters. The van der Waals surface area contributed by atoms with Crippen molar-refractivity contribution < 1.29 is 14.3 Å². The lowest BCUT2D eigenvalue weighted by atomic mass is 10.3. The predicted octanol–water partition coefficient (Wildman–Crippen LogP) is 2.29. The standard InChI is InChI=1S/C16H18N2O3/c1-2-20-14-6-3-7-15(11-14)21-10-9-18-16(19)13-5-4-8-17-12-13/h3-8,11-12H,2,9-10H2,1H3,(H,18,19). The van der Waals surface area contributed by atoms with Gasteiger partial charge in [0, 0.05) is 18.5 Å². The van der Waals surface area contributed by atoms with Crippen molar-refractivity contribution >= 4 is 5.91 Å². The predicted molar refractivity (Wildman–Crippen MR) is 79.7 cm³/mol. The fourth-order valence-corrected chi connectivity index (χ4v) is 1.75. The molecule has 0 saturated carbocycles. The second kappa shape index (κ2) is 7.89. The molecule has 0 aliphatic carbocycles. The Morgan fingerprint density at radius 3 is 2.71 bits per heavy atom. The molecule has 1 aromatic heterocycles. The van der Waals surface area contributed by atoms with Crippen LogP contribution in [0.2, 0.25) is 0 Å². The lowest BCUT2D eigenvalue weighted by Crippen LogP contribution is -2.28. The van der Waals surface area contributed by atoms with Crippen LogP contribution in [0.25, 0.3) is 0 Å². The minimum Gasteiger partial charge on any atom is -0.494 e. The van der Waals surface area contributed by atoms with Gasteiger partial charge in [-0.25, -0.2) is 0 Å². The Bertz CT molecular complexity index is 573. The number of amides is 1. The zero-order chi connectivity index (χ0) is 14.9. The number of nitrogens with zero attached hydrogens (tertiary/aromatic N) is 1. The Labute approximate surface area is 123 Å². The van der Waals surface area contributed by atoms with E-state index in [1.54, 1.807) is 18.3 Å². The number of carbonyl (C=O) groups is 1. The van der Waals surface area contributed by atoms with E-state index in [2.05, 4.69) is 10.3 Å². The van der Waals surface area contributed by atoms with Crippen LogP contribution in [0.15, 0.2) is 48.8 Å². The molecule has 0 spiro atoms. The van der Waals surface area contributed by atoms with Gasteiger partial charge in [0.15, 0.2) is 0 Å². The highest BCUT2D eigenvalue weighted by Crippen LogP contribution is 2.19. The average Bonchev–Trinajstić information content (AvgIpc) is 2.53. The normalized spacial score (nSPS) is 9.95. The molecule has 0 aliphatic heterocycles. The summed E-state index contributed by atoms with van der Waals surface area (Å²) in [4.78, 5) is 15.7. The number of carbonyl (C=O) groups excluding carboxylic acids is 1. The highest BCUT2D eigenvalue weighted by atomic mass is 16.5. The highest BCUT2D eigenvalue weighted by molar-refractivity contribution is 5.93. The van der Waals surface area contributed by atoms with Gasteiger partial charge in [-0.05, 0) is 31.2 Å². The lowest BCUT2D eigenvalue weighted by molar-refractivity contribution is 0.0946. The van der Waals surface area contributed by atoms with Crippen molar-refractivity contribution in [3.05, 3.63) is 54.4 Å². The third kappa shape index (κ3) is 4.80. The molecule has 5 nitrogen and oxygen atoms in total. The Morgan fingerprint density at radius 1 is 1.19 bits per heavy atom. The summed E-state index contributed by atoms with van der Waals surface area (Å²) in [5.74, 6) is 1.33. The van der Waals surface area contributed by atoms with Gasteiger partial charge in [-0.15, -0.1) is 0 Å². The molecule has 110 valence electrons. The van der Waals surface area contributed by atoms with E-state index in [-0.39, 0.29) is 5.91 Å². The number of benzene rings is 1. The van der Waals surface area contributed by atoms with E-state index < -0.39 is 0 Å². The summed E-state index contributed by atoms with van der Waals surface area (Å²) in [5, 5.41) is 2.77. The van der Waals surface area contributed by atoms with Gasteiger partial charge >= 0.3 is 0 Å². The van der Waals surface area contributed by atoms with Crippen LogP contribution in [-0.2, 0) is 0 Å². The number of hydrogen-bond donors (Lipinski definition) is 1. The fraction of sp³-hybridized carbons (Fsp3) is 0.250. The van der Waals surface area contributed by atoms with Crippen LogP contribution in [0, 0.1) is 0 Å². The van der Waals surface area contributed by atoms with Crippen molar-refractivity contribution in [1.82, 2.24) is 10.3 Å². The van der Waals surface area contributed by atoms with Crippen LogP contribution in [-0.4, -0.2) is 30.6 Å². The molecule has 1 amide bonds. The molecule has 1 heterocycles. The van der Waals surface area contributed by atoms with E-state index in [9.17, 15) is 4.79 Å². The summed E-state index contributed by atoms with van der Waals surface area (Å²) < 4.78 is 11.0. The van der Waals surface area contributed by atoms with Gasteiger partial charge < -0.3 is 14.8 Å². The molecule has 21 heavy (non-hydrogen) atoms. The zero-order valence-corrected chi connectivity index (χ0v) is 11.9. The Kier molecular flexibility index (Phi) is 5.58. The summed E-state index contributed by atoms with van der Waals surface area (Å²) in [6.07, 6.45) is 3.16. The minimum atomic E-state index is -0.158. The van der Waals surface area contributed by atoms with Crippen LogP contribution in [0.4, 0.5) is 0 Å². The number of ether oxygens (including phenoxy) is 2. The first-order valence-electron chi connectivity index (χ1n) is 6.83. The van der Waals surface area contributed by atoms with Gasteiger partial charge in [0.2, 0.25) is 0 Å². The molecule has 1 aromatic carbocycles. The van der Waals surface area contributed by atoms with E-state index >= 15 is 0 Å². The molecular weight excluding hydrogens is 268 g/mol. The number of pyridine rings is 1. The summed E-state index contributed by atoms with van der Waals surface area (Å²) in [5.41, 5.74) is 0.538. The van der Waals surface area contributed by atoms with Crippen molar-refractivity contribution in [2.75, 3.05) is 19.8 Å². The van der Waals surface area contributed by atoms with E-state index in [0.29, 0.717) is 25.3 Å². The van der Waals surface area contributed by atoms with Gasteiger partial charge in [-0.3, -0.25) is 9.78 Å². The minimum absolute atomic E-state index is 0.158. The highest BCUT2D eigenvalue weighted by Gasteiger charge is 2.04. The molecule has 2 rings (SSSR count). The summed E-state index contributed by atoms with van der Waals surface area (Å²) in [6, 6.07) is 10.9. The number of hydrogen-bond acceptors (Lipinski definition) is 4. The molecule has 0 radical (unpaired) electrons. The molecule has 0 saturated heterocycles. The Morgan fingerprint density at radius 2 is 2.00 bits per heavy atom. The van der Waals surface area contributed by atoms with E-state index in [4.69, 9.17) is 9.47 Å². The SMILES string of the molecule is CCOc1cccc(OCCNC(=O)c2cccnc2)c1. The van der Waals surface area contributed by atoms with E-state index in [1.807, 2.05) is 31.2 Å². The Balaban J connectivity index is 1.74. The van der Waals surface area contributed by atoms with Crippen molar-refractivity contribution in [2.45, 2.75) is 6.92 Å². The first-order valence-corrected chi connectivity index (χ1v) is 6.83. The maximum atomic E-state index is 11.8. The average molecular weight is 286 g/mol. The van der Waals surface area contributed by atoms with Crippen LogP contribution >= 0.6 is 0 Å². The fourth-order valence-electron chi connectivity index (χ4n) is 1.75. The topological polar surface area (TPSA) is 60.5 Å². The maximum absolute atomic E-state index is 11.8. The molecule has 0 fully saturated rings. The smallest absolute Gasteiger partial charge is 0.252 e. The van der Waals surface area contributed by atoms with E-state index in [1.165, 1.54) is 6.20 Å². The quantitative estimate of drug-likeness (QED) is 0.793. The van der Waals surface area contributed by atoms with Crippen LogP contribution in [0.3, 0.4) is 0 Å². The van der Waals surface area contributed by atoms with Crippen molar-refractivity contribution in [3.63, 3.8) is 0 Å². The summed E-state index contributed by atoms with van der Waals surface area (Å²) in [7, 11) is 0. The number of aromatic nitrogens is 1.